The fourth-order valence-corrected chi connectivity index (χ4v) is 2.81. The van der Waals surface area contributed by atoms with Crippen molar-refractivity contribution in [2.45, 2.75) is 56.7 Å². The first-order valence-electron chi connectivity index (χ1n) is 5.70. The first-order valence-corrected chi connectivity index (χ1v) is 7.59. The summed E-state index contributed by atoms with van der Waals surface area (Å²) < 4.78 is 22.4. The van der Waals surface area contributed by atoms with Crippen LogP contribution < -0.4 is 5.73 Å². The fraction of sp³-hybridized carbons (Fsp3) is 1.00. The molecule has 0 bridgehead atoms. The molecule has 1 unspecified atom stereocenters. The van der Waals surface area contributed by atoms with Crippen LogP contribution in [0.15, 0.2) is 0 Å². The minimum atomic E-state index is -3.07. The van der Waals surface area contributed by atoms with E-state index in [1.165, 1.54) is 31.9 Å². The molecule has 0 aromatic rings. The minimum Gasteiger partial charge on any atom is -0.326 e. The first kappa shape index (κ1) is 13.0. The molecular weight excluding hydrogens is 210 g/mol. The van der Waals surface area contributed by atoms with E-state index in [4.69, 9.17) is 5.73 Å². The highest BCUT2D eigenvalue weighted by Crippen LogP contribution is 2.32. The number of hydrogen-bond donors (Lipinski definition) is 1. The van der Waals surface area contributed by atoms with Gasteiger partial charge in [-0.05, 0) is 26.2 Å². The summed E-state index contributed by atoms with van der Waals surface area (Å²) >= 11 is 0. The van der Waals surface area contributed by atoms with Gasteiger partial charge in [-0.3, -0.25) is 0 Å². The Kier molecular flexibility index (Phi) is 3.82. The average molecular weight is 233 g/mol. The summed E-state index contributed by atoms with van der Waals surface area (Å²) in [6.45, 7) is 3.48. The van der Waals surface area contributed by atoms with Gasteiger partial charge in [0, 0.05) is 12.3 Å². The molecule has 0 aromatic carbocycles. The molecule has 1 fully saturated rings. The molecular formula is C11H23NO2S. The van der Waals surface area contributed by atoms with Gasteiger partial charge in [-0.15, -0.1) is 0 Å². The molecule has 4 heteroatoms. The topological polar surface area (TPSA) is 60.2 Å². The molecule has 0 aliphatic heterocycles. The first-order chi connectivity index (χ1) is 6.75. The van der Waals surface area contributed by atoms with Crippen LogP contribution in [0.1, 0.15) is 46.0 Å². The third-order valence-electron chi connectivity index (χ3n) is 3.91. The van der Waals surface area contributed by atoms with Crippen molar-refractivity contribution in [2.24, 2.45) is 11.7 Å². The van der Waals surface area contributed by atoms with Gasteiger partial charge in [-0.1, -0.05) is 25.7 Å². The van der Waals surface area contributed by atoms with E-state index >= 15 is 0 Å². The van der Waals surface area contributed by atoms with E-state index in [0.29, 0.717) is 5.92 Å². The molecule has 0 radical (unpaired) electrons. The molecule has 1 rings (SSSR count). The van der Waals surface area contributed by atoms with Crippen molar-refractivity contribution in [2.75, 3.05) is 6.26 Å². The lowest BCUT2D eigenvalue weighted by atomic mass is 9.92. The molecule has 1 aliphatic carbocycles. The predicted octanol–water partition coefficient (Wildman–Crippen LogP) is 1.72. The third kappa shape index (κ3) is 2.94. The lowest BCUT2D eigenvalue weighted by Crippen LogP contribution is -2.49. The van der Waals surface area contributed by atoms with Crippen molar-refractivity contribution in [1.82, 2.24) is 0 Å². The Labute approximate surface area is 93.3 Å². The van der Waals surface area contributed by atoms with Gasteiger partial charge in [0.2, 0.25) is 0 Å². The van der Waals surface area contributed by atoms with Crippen LogP contribution in [0.5, 0.6) is 0 Å². The highest BCUT2D eigenvalue weighted by Gasteiger charge is 2.38. The van der Waals surface area contributed by atoms with Crippen LogP contribution in [-0.4, -0.2) is 25.5 Å². The Bertz CT molecular complexity index is 303. The van der Waals surface area contributed by atoms with Crippen molar-refractivity contribution in [1.29, 1.82) is 0 Å². The molecule has 90 valence electrons. The summed E-state index contributed by atoms with van der Waals surface area (Å²) in [6, 6.07) is -0.240. The Hall–Kier alpha value is -0.0900. The largest absolute Gasteiger partial charge is 0.326 e. The monoisotopic (exact) mass is 233 g/mol. The molecule has 1 saturated carbocycles. The molecule has 2 N–H and O–H groups in total. The number of nitrogens with two attached hydrogens (primary N) is 1. The van der Waals surface area contributed by atoms with Crippen LogP contribution in [-0.2, 0) is 9.84 Å². The van der Waals surface area contributed by atoms with E-state index in [9.17, 15) is 8.42 Å². The van der Waals surface area contributed by atoms with E-state index in [2.05, 4.69) is 0 Å². The molecule has 1 aliphatic rings. The van der Waals surface area contributed by atoms with E-state index in [1.807, 2.05) is 0 Å². The highest BCUT2D eigenvalue weighted by atomic mass is 32.2. The van der Waals surface area contributed by atoms with Crippen LogP contribution >= 0.6 is 0 Å². The molecule has 15 heavy (non-hydrogen) atoms. The predicted molar refractivity (Wildman–Crippen MR) is 63.5 cm³/mol. The van der Waals surface area contributed by atoms with Crippen molar-refractivity contribution in [3.05, 3.63) is 0 Å². The van der Waals surface area contributed by atoms with Crippen molar-refractivity contribution in [3.63, 3.8) is 0 Å². The SMILES string of the molecule is CC(C)(C(N)CC1CCCC1)S(C)(=O)=O. The lowest BCUT2D eigenvalue weighted by molar-refractivity contribution is 0.385. The zero-order valence-corrected chi connectivity index (χ0v) is 10.8. The van der Waals surface area contributed by atoms with Crippen molar-refractivity contribution < 1.29 is 8.42 Å². The molecule has 1 atom stereocenters. The average Bonchev–Trinajstić information content (AvgIpc) is 2.54. The summed E-state index contributed by atoms with van der Waals surface area (Å²) in [7, 11) is -3.07. The van der Waals surface area contributed by atoms with E-state index < -0.39 is 14.6 Å². The van der Waals surface area contributed by atoms with E-state index in [1.54, 1.807) is 13.8 Å². The Morgan fingerprint density at radius 1 is 1.33 bits per heavy atom. The number of sulfone groups is 1. The van der Waals surface area contributed by atoms with Crippen LogP contribution in [0, 0.1) is 5.92 Å². The third-order valence-corrected chi connectivity index (χ3v) is 6.12. The Balaban J connectivity index is 2.62. The van der Waals surface area contributed by atoms with Gasteiger partial charge in [0.1, 0.15) is 0 Å². The van der Waals surface area contributed by atoms with Gasteiger partial charge in [-0.25, -0.2) is 8.42 Å². The van der Waals surface area contributed by atoms with Crippen LogP contribution in [0.2, 0.25) is 0 Å². The van der Waals surface area contributed by atoms with Gasteiger partial charge in [0.15, 0.2) is 9.84 Å². The summed E-state index contributed by atoms with van der Waals surface area (Å²) in [5.74, 6) is 0.640. The van der Waals surface area contributed by atoms with Gasteiger partial charge < -0.3 is 5.73 Å². The Morgan fingerprint density at radius 3 is 2.20 bits per heavy atom. The van der Waals surface area contributed by atoms with E-state index in [0.717, 1.165) is 6.42 Å². The second-order valence-electron chi connectivity index (χ2n) is 5.37. The maximum atomic E-state index is 11.6. The fourth-order valence-electron chi connectivity index (χ4n) is 2.16. The second-order valence-corrected chi connectivity index (χ2v) is 7.96. The highest BCUT2D eigenvalue weighted by molar-refractivity contribution is 7.92. The molecule has 0 amide bonds. The van der Waals surface area contributed by atoms with E-state index in [-0.39, 0.29) is 6.04 Å². The van der Waals surface area contributed by atoms with Crippen LogP contribution in [0.25, 0.3) is 0 Å². The van der Waals surface area contributed by atoms with Crippen LogP contribution in [0.4, 0.5) is 0 Å². The van der Waals surface area contributed by atoms with Gasteiger partial charge in [-0.2, -0.15) is 0 Å². The van der Waals surface area contributed by atoms with Gasteiger partial charge >= 0.3 is 0 Å². The Morgan fingerprint density at radius 2 is 1.80 bits per heavy atom. The smallest absolute Gasteiger partial charge is 0.154 e. The summed E-state index contributed by atoms with van der Waals surface area (Å²) in [5, 5.41) is 0. The van der Waals surface area contributed by atoms with Crippen molar-refractivity contribution in [3.8, 4) is 0 Å². The zero-order chi connectivity index (χ0) is 11.7. The number of hydrogen-bond acceptors (Lipinski definition) is 3. The normalized spacial score (nSPS) is 21.9. The minimum absolute atomic E-state index is 0.240. The summed E-state index contributed by atoms with van der Waals surface area (Å²) in [5.41, 5.74) is 6.04. The summed E-state index contributed by atoms with van der Waals surface area (Å²) in [4.78, 5) is 0. The molecule has 0 spiro atoms. The molecule has 3 nitrogen and oxygen atoms in total. The quantitative estimate of drug-likeness (QED) is 0.804. The molecule has 0 aromatic heterocycles. The summed E-state index contributed by atoms with van der Waals surface area (Å²) in [6.07, 6.45) is 7.11. The van der Waals surface area contributed by atoms with Crippen LogP contribution in [0.3, 0.4) is 0 Å². The molecule has 0 heterocycles. The van der Waals surface area contributed by atoms with Crippen molar-refractivity contribution >= 4 is 9.84 Å². The second kappa shape index (κ2) is 4.42. The lowest BCUT2D eigenvalue weighted by Gasteiger charge is -2.31. The maximum absolute atomic E-state index is 11.6. The molecule has 0 saturated heterocycles. The zero-order valence-electron chi connectivity index (χ0n) is 9.99. The maximum Gasteiger partial charge on any atom is 0.154 e. The van der Waals surface area contributed by atoms with Gasteiger partial charge in [0.25, 0.3) is 0 Å². The standard InChI is InChI=1S/C11H23NO2S/c1-11(2,15(3,13)14)10(12)8-9-6-4-5-7-9/h9-10H,4-8,12H2,1-3H3. The van der Waals surface area contributed by atoms with Gasteiger partial charge in [0.05, 0.1) is 4.75 Å². The number of rotatable bonds is 4.